The Labute approximate surface area is 168 Å². The topological polar surface area (TPSA) is 90.9 Å². The fourth-order valence-electron chi connectivity index (χ4n) is 3.35. The number of carbonyl (C=O) groups is 1. The quantitative estimate of drug-likeness (QED) is 0.579. The van der Waals surface area contributed by atoms with Crippen LogP contribution in [0.15, 0.2) is 34.2 Å². The molecule has 1 heterocycles. The van der Waals surface area contributed by atoms with Gasteiger partial charge in [0.15, 0.2) is 0 Å². The number of nitrogens with one attached hydrogen (secondary N) is 2. The highest BCUT2D eigenvalue weighted by atomic mass is 32.2. The molecule has 156 valence electrons. The van der Waals surface area contributed by atoms with Crippen LogP contribution in [0.25, 0.3) is 0 Å². The fraction of sp³-hybridized carbons (Fsp3) is 0.600. The standard InChI is InChI=1S/C20H32N4O3S/c1-20(2,15-24(3)4)14-22-18(25)12-6-5-9-13-21-19-16-10-7-8-11-17(16)28(26,27)23-19/h7-8,10-11H,5-6,9,12-15H2,1-4H3,(H,21,23)(H,22,25). The number of sulfonamides is 1. The first kappa shape index (κ1) is 22.4. The van der Waals surface area contributed by atoms with Gasteiger partial charge in [0.1, 0.15) is 5.84 Å². The highest BCUT2D eigenvalue weighted by molar-refractivity contribution is 7.90. The number of benzene rings is 1. The average Bonchev–Trinajstić information content (AvgIpc) is 2.86. The third-order valence-corrected chi connectivity index (χ3v) is 5.90. The molecule has 0 radical (unpaired) electrons. The van der Waals surface area contributed by atoms with Crippen molar-refractivity contribution in [3.05, 3.63) is 29.8 Å². The van der Waals surface area contributed by atoms with Crippen molar-refractivity contribution in [2.45, 2.75) is 44.4 Å². The van der Waals surface area contributed by atoms with Crippen molar-refractivity contribution in [3.63, 3.8) is 0 Å². The number of amidine groups is 1. The molecule has 2 rings (SSSR count). The molecular weight excluding hydrogens is 376 g/mol. The molecule has 0 saturated carbocycles. The van der Waals surface area contributed by atoms with E-state index in [-0.39, 0.29) is 16.2 Å². The van der Waals surface area contributed by atoms with E-state index in [1.165, 1.54) is 0 Å². The van der Waals surface area contributed by atoms with Gasteiger partial charge in [-0.3, -0.25) is 14.5 Å². The van der Waals surface area contributed by atoms with Crippen molar-refractivity contribution in [2.75, 3.05) is 33.7 Å². The number of rotatable bonds is 10. The number of carbonyl (C=O) groups excluding carboxylic acids is 1. The molecule has 1 aliphatic heterocycles. The molecule has 0 saturated heterocycles. The fourth-order valence-corrected chi connectivity index (χ4v) is 4.61. The maximum Gasteiger partial charge on any atom is 0.263 e. The van der Waals surface area contributed by atoms with Gasteiger partial charge in [0.25, 0.3) is 10.0 Å². The van der Waals surface area contributed by atoms with Crippen molar-refractivity contribution < 1.29 is 13.2 Å². The van der Waals surface area contributed by atoms with Gasteiger partial charge < -0.3 is 10.2 Å². The molecule has 8 heteroatoms. The van der Waals surface area contributed by atoms with Crippen LogP contribution >= 0.6 is 0 Å². The van der Waals surface area contributed by atoms with Gasteiger partial charge in [0, 0.05) is 31.6 Å². The van der Waals surface area contributed by atoms with Crippen molar-refractivity contribution in [1.82, 2.24) is 14.9 Å². The van der Waals surface area contributed by atoms with E-state index in [0.717, 1.165) is 25.8 Å². The Kier molecular flexibility index (Phi) is 7.60. The van der Waals surface area contributed by atoms with Crippen molar-refractivity contribution in [3.8, 4) is 0 Å². The predicted octanol–water partition coefficient (Wildman–Crippen LogP) is 1.99. The zero-order valence-corrected chi connectivity index (χ0v) is 18.1. The van der Waals surface area contributed by atoms with Crippen molar-refractivity contribution >= 4 is 21.8 Å². The van der Waals surface area contributed by atoms with Crippen LogP contribution in [0.1, 0.15) is 45.1 Å². The zero-order chi connectivity index (χ0) is 20.8. The SMILES string of the molecule is CN(C)CC(C)(C)CNC(=O)CCCCCN=C1NS(=O)(=O)c2ccccc21. The molecule has 0 bridgehead atoms. The van der Waals surface area contributed by atoms with Crippen molar-refractivity contribution in [1.29, 1.82) is 0 Å². The Morgan fingerprint density at radius 1 is 1.18 bits per heavy atom. The third-order valence-electron chi connectivity index (χ3n) is 4.50. The average molecular weight is 409 g/mol. The summed E-state index contributed by atoms with van der Waals surface area (Å²) >= 11 is 0. The van der Waals surface area contributed by atoms with Crippen LogP contribution in [0.4, 0.5) is 0 Å². The minimum Gasteiger partial charge on any atom is -0.356 e. The highest BCUT2D eigenvalue weighted by Crippen LogP contribution is 2.22. The second-order valence-electron chi connectivity index (χ2n) is 8.32. The summed E-state index contributed by atoms with van der Waals surface area (Å²) in [5.74, 6) is 0.493. The summed E-state index contributed by atoms with van der Waals surface area (Å²) in [6.45, 7) is 6.39. The first-order valence-electron chi connectivity index (χ1n) is 9.69. The largest absolute Gasteiger partial charge is 0.356 e. The molecule has 1 aromatic rings. The predicted molar refractivity (Wildman–Crippen MR) is 112 cm³/mol. The lowest BCUT2D eigenvalue weighted by atomic mass is 9.93. The number of aliphatic imine (C=N–C) groups is 1. The summed E-state index contributed by atoms with van der Waals surface area (Å²) in [5.41, 5.74) is 0.669. The van der Waals surface area contributed by atoms with Gasteiger partial charge in [-0.1, -0.05) is 32.4 Å². The van der Waals surface area contributed by atoms with E-state index in [4.69, 9.17) is 0 Å². The van der Waals surface area contributed by atoms with E-state index in [0.29, 0.717) is 30.9 Å². The third kappa shape index (κ3) is 6.60. The maximum absolute atomic E-state index is 12.0. The molecule has 0 aliphatic carbocycles. The van der Waals surface area contributed by atoms with Gasteiger partial charge >= 0.3 is 0 Å². The van der Waals surface area contributed by atoms with Gasteiger partial charge in [-0.15, -0.1) is 0 Å². The number of fused-ring (bicyclic) bond motifs is 1. The van der Waals surface area contributed by atoms with E-state index in [1.807, 2.05) is 14.1 Å². The van der Waals surface area contributed by atoms with E-state index in [9.17, 15) is 13.2 Å². The molecule has 0 unspecified atom stereocenters. The summed E-state index contributed by atoms with van der Waals surface area (Å²) in [5, 5.41) is 3.01. The maximum atomic E-state index is 12.0. The number of hydrogen-bond donors (Lipinski definition) is 2. The molecule has 0 fully saturated rings. The number of nitrogens with zero attached hydrogens (tertiary/aromatic N) is 2. The molecule has 1 aromatic carbocycles. The van der Waals surface area contributed by atoms with E-state index < -0.39 is 10.0 Å². The van der Waals surface area contributed by atoms with Crippen LogP contribution < -0.4 is 10.0 Å². The first-order valence-corrected chi connectivity index (χ1v) is 11.2. The number of unbranched alkanes of at least 4 members (excludes halogenated alkanes) is 2. The highest BCUT2D eigenvalue weighted by Gasteiger charge is 2.29. The summed E-state index contributed by atoms with van der Waals surface area (Å²) < 4.78 is 26.6. The Balaban J connectivity index is 1.68. The van der Waals surface area contributed by atoms with Crippen LogP contribution in [0.5, 0.6) is 0 Å². The van der Waals surface area contributed by atoms with Gasteiger partial charge in [-0.2, -0.15) is 0 Å². The molecule has 28 heavy (non-hydrogen) atoms. The van der Waals surface area contributed by atoms with E-state index in [2.05, 4.69) is 33.8 Å². The Morgan fingerprint density at radius 2 is 1.89 bits per heavy atom. The monoisotopic (exact) mass is 408 g/mol. The normalized spacial score (nSPS) is 16.8. The van der Waals surface area contributed by atoms with Crippen LogP contribution in [-0.2, 0) is 14.8 Å². The van der Waals surface area contributed by atoms with Gasteiger partial charge in [0.2, 0.25) is 5.91 Å². The summed E-state index contributed by atoms with van der Waals surface area (Å²) in [4.78, 5) is 18.8. The lowest BCUT2D eigenvalue weighted by Crippen LogP contribution is -2.39. The molecule has 0 atom stereocenters. The molecule has 2 N–H and O–H groups in total. The number of hydrogen-bond acceptors (Lipinski definition) is 5. The minimum absolute atomic E-state index is 0.0418. The first-order chi connectivity index (χ1) is 13.1. The molecular formula is C20H32N4O3S. The van der Waals surface area contributed by atoms with Gasteiger partial charge in [-0.25, -0.2) is 8.42 Å². The lowest BCUT2D eigenvalue weighted by Gasteiger charge is -2.28. The molecule has 0 spiro atoms. The second-order valence-corrected chi connectivity index (χ2v) is 9.97. The van der Waals surface area contributed by atoms with Crippen LogP contribution in [0.2, 0.25) is 0 Å². The molecule has 0 aromatic heterocycles. The van der Waals surface area contributed by atoms with Crippen LogP contribution in [-0.4, -0.2) is 58.8 Å². The lowest BCUT2D eigenvalue weighted by molar-refractivity contribution is -0.121. The van der Waals surface area contributed by atoms with Gasteiger partial charge in [-0.05, 0) is 44.5 Å². The van der Waals surface area contributed by atoms with Crippen molar-refractivity contribution in [2.24, 2.45) is 10.4 Å². The van der Waals surface area contributed by atoms with E-state index in [1.54, 1.807) is 24.3 Å². The minimum atomic E-state index is -3.48. The number of amides is 1. The Hall–Kier alpha value is -1.93. The van der Waals surface area contributed by atoms with Gasteiger partial charge in [0.05, 0.1) is 4.90 Å². The van der Waals surface area contributed by atoms with E-state index >= 15 is 0 Å². The molecule has 7 nitrogen and oxygen atoms in total. The molecule has 1 amide bonds. The summed E-state index contributed by atoms with van der Waals surface area (Å²) in [7, 11) is 0.583. The Morgan fingerprint density at radius 3 is 2.61 bits per heavy atom. The second kappa shape index (κ2) is 9.52. The van der Waals surface area contributed by atoms with Crippen LogP contribution in [0.3, 0.4) is 0 Å². The smallest absolute Gasteiger partial charge is 0.263 e. The summed E-state index contributed by atoms with van der Waals surface area (Å²) in [6, 6.07) is 6.84. The Bertz CT molecular complexity index is 816. The summed E-state index contributed by atoms with van der Waals surface area (Å²) in [6.07, 6.45) is 2.99. The van der Waals surface area contributed by atoms with Crippen LogP contribution in [0, 0.1) is 5.41 Å². The molecule has 1 aliphatic rings. The zero-order valence-electron chi connectivity index (χ0n) is 17.3.